The molecule has 1 aromatic heterocycles. The maximum Gasteiger partial charge on any atom is 0.359 e. The highest BCUT2D eigenvalue weighted by Crippen LogP contribution is 2.17. The highest BCUT2D eigenvalue weighted by Gasteiger charge is 2.28. The number of nitrogens with zero attached hydrogens (tertiary/aromatic N) is 2. The first-order valence-electron chi connectivity index (χ1n) is 5.92. The van der Waals surface area contributed by atoms with E-state index in [0.29, 0.717) is 5.56 Å². The second-order valence-electron chi connectivity index (χ2n) is 4.99. The smallest absolute Gasteiger partial charge is 0.359 e. The average Bonchev–Trinajstić information content (AvgIpc) is 2.52. The largest absolute Gasteiger partial charge is 0.461 e. The van der Waals surface area contributed by atoms with Crippen LogP contribution in [0.1, 0.15) is 54.2 Å². The van der Waals surface area contributed by atoms with Crippen LogP contribution >= 0.6 is 0 Å². The van der Waals surface area contributed by atoms with Gasteiger partial charge in [0.15, 0.2) is 11.4 Å². The molecule has 0 saturated carbocycles. The third-order valence-electron chi connectivity index (χ3n) is 2.21. The molecule has 0 fully saturated rings. The van der Waals surface area contributed by atoms with E-state index in [1.54, 1.807) is 34.6 Å². The Kier molecular flexibility index (Phi) is 4.18. The summed E-state index contributed by atoms with van der Waals surface area (Å²) in [4.78, 5) is 24.5. The van der Waals surface area contributed by atoms with Gasteiger partial charge >= 0.3 is 11.9 Å². The summed E-state index contributed by atoms with van der Waals surface area (Å²) in [5.41, 5.74) is -0.246. The van der Waals surface area contributed by atoms with Gasteiger partial charge in [-0.3, -0.25) is 0 Å². The molecule has 0 bridgehead atoms. The standard InChI is InChI=1S/C12H19N3O4/c1-6-18-11(17)9-7(2)8(14-15(9)13)10(16)19-12(3,4)5/h6,13H2,1-5H3. The quantitative estimate of drug-likeness (QED) is 0.650. The molecule has 19 heavy (non-hydrogen) atoms. The molecule has 0 aliphatic heterocycles. The van der Waals surface area contributed by atoms with Crippen LogP contribution in [0.5, 0.6) is 0 Å². The summed E-state index contributed by atoms with van der Waals surface area (Å²) in [7, 11) is 0. The lowest BCUT2D eigenvalue weighted by Crippen LogP contribution is -2.25. The lowest BCUT2D eigenvalue weighted by Gasteiger charge is -2.18. The predicted octanol–water partition coefficient (Wildman–Crippen LogP) is 1.04. The Morgan fingerprint density at radius 1 is 1.32 bits per heavy atom. The molecule has 7 nitrogen and oxygen atoms in total. The average molecular weight is 269 g/mol. The summed E-state index contributed by atoms with van der Waals surface area (Å²) >= 11 is 0. The van der Waals surface area contributed by atoms with Crippen LogP contribution in [0.15, 0.2) is 0 Å². The minimum Gasteiger partial charge on any atom is -0.461 e. The van der Waals surface area contributed by atoms with Crippen LogP contribution in [0.3, 0.4) is 0 Å². The van der Waals surface area contributed by atoms with Crippen LogP contribution < -0.4 is 5.84 Å². The molecular weight excluding hydrogens is 250 g/mol. The first-order valence-corrected chi connectivity index (χ1v) is 5.92. The van der Waals surface area contributed by atoms with Crippen molar-refractivity contribution in [3.63, 3.8) is 0 Å². The normalized spacial score (nSPS) is 11.2. The monoisotopic (exact) mass is 269 g/mol. The van der Waals surface area contributed by atoms with Crippen LogP contribution in [0.25, 0.3) is 0 Å². The summed E-state index contributed by atoms with van der Waals surface area (Å²) in [6.45, 7) is 8.69. The third-order valence-corrected chi connectivity index (χ3v) is 2.21. The lowest BCUT2D eigenvalue weighted by molar-refractivity contribution is 0.00613. The van der Waals surface area contributed by atoms with E-state index in [1.807, 2.05) is 0 Å². The number of carbonyl (C=O) groups excluding carboxylic acids is 2. The third kappa shape index (κ3) is 3.46. The van der Waals surface area contributed by atoms with Crippen molar-refractivity contribution in [1.82, 2.24) is 9.89 Å². The van der Waals surface area contributed by atoms with Gasteiger partial charge in [-0.2, -0.15) is 4.79 Å². The Hall–Kier alpha value is -2.05. The summed E-state index contributed by atoms with van der Waals surface area (Å²) in [6, 6.07) is 0. The SMILES string of the molecule is CCOC(=O)c1c(C)c(C(=O)OC(C)(C)C)nn1N. The molecule has 0 spiro atoms. The fraction of sp³-hybridized carbons (Fsp3) is 0.583. The molecule has 0 atom stereocenters. The van der Waals surface area contributed by atoms with E-state index in [4.69, 9.17) is 15.3 Å². The fourth-order valence-electron chi connectivity index (χ4n) is 1.48. The van der Waals surface area contributed by atoms with Gasteiger partial charge in [0.05, 0.1) is 6.61 Å². The van der Waals surface area contributed by atoms with Crippen molar-refractivity contribution in [2.75, 3.05) is 12.4 Å². The number of carbonyl (C=O) groups is 2. The number of nitrogens with two attached hydrogens (primary N) is 1. The second-order valence-corrected chi connectivity index (χ2v) is 4.99. The Morgan fingerprint density at radius 3 is 2.37 bits per heavy atom. The number of hydrogen-bond acceptors (Lipinski definition) is 6. The number of nitrogen functional groups attached to an aromatic ring is 1. The maximum atomic E-state index is 11.9. The number of rotatable bonds is 3. The van der Waals surface area contributed by atoms with Crippen LogP contribution in [0.4, 0.5) is 0 Å². The van der Waals surface area contributed by atoms with Gasteiger partial charge in [0, 0.05) is 5.56 Å². The minimum atomic E-state index is -0.647. The Labute approximate surface area is 111 Å². The molecular formula is C12H19N3O4. The van der Waals surface area contributed by atoms with E-state index in [2.05, 4.69) is 5.10 Å². The number of esters is 2. The Morgan fingerprint density at radius 2 is 1.89 bits per heavy atom. The van der Waals surface area contributed by atoms with Crippen molar-refractivity contribution < 1.29 is 19.1 Å². The molecule has 0 aliphatic carbocycles. The zero-order chi connectivity index (χ0) is 14.8. The van der Waals surface area contributed by atoms with Crippen molar-refractivity contribution in [3.8, 4) is 0 Å². The molecule has 0 amide bonds. The molecule has 106 valence electrons. The minimum absolute atomic E-state index is 0.0143. The highest BCUT2D eigenvalue weighted by atomic mass is 16.6. The van der Waals surface area contributed by atoms with Crippen LogP contribution in [-0.2, 0) is 9.47 Å². The molecule has 0 unspecified atom stereocenters. The van der Waals surface area contributed by atoms with E-state index in [0.717, 1.165) is 4.79 Å². The van der Waals surface area contributed by atoms with Crippen LogP contribution in [0, 0.1) is 6.92 Å². The van der Waals surface area contributed by atoms with Crippen molar-refractivity contribution in [2.45, 2.75) is 40.2 Å². The van der Waals surface area contributed by atoms with E-state index in [-0.39, 0.29) is 18.0 Å². The molecule has 2 N–H and O–H groups in total. The van der Waals surface area contributed by atoms with Gasteiger partial charge in [0.1, 0.15) is 5.60 Å². The van der Waals surface area contributed by atoms with E-state index < -0.39 is 17.5 Å². The van der Waals surface area contributed by atoms with E-state index >= 15 is 0 Å². The number of hydrogen-bond donors (Lipinski definition) is 1. The van der Waals surface area contributed by atoms with Crippen LogP contribution in [-0.4, -0.2) is 34.0 Å². The van der Waals surface area contributed by atoms with Gasteiger partial charge < -0.3 is 15.3 Å². The summed E-state index contributed by atoms with van der Waals surface area (Å²) < 4.78 is 10.0. The van der Waals surface area contributed by atoms with Gasteiger partial charge in [-0.05, 0) is 34.6 Å². The molecule has 1 aromatic rings. The van der Waals surface area contributed by atoms with Gasteiger partial charge in [-0.25, -0.2) is 9.59 Å². The second kappa shape index (κ2) is 5.29. The number of ether oxygens (including phenoxy) is 2. The van der Waals surface area contributed by atoms with Crippen molar-refractivity contribution in [2.24, 2.45) is 0 Å². The fourth-order valence-corrected chi connectivity index (χ4v) is 1.48. The zero-order valence-corrected chi connectivity index (χ0v) is 11.8. The van der Waals surface area contributed by atoms with Gasteiger partial charge in [0.25, 0.3) is 0 Å². The molecule has 0 aliphatic rings. The highest BCUT2D eigenvalue weighted by molar-refractivity contribution is 5.96. The first kappa shape index (κ1) is 15.0. The number of aromatic nitrogens is 2. The summed E-state index contributed by atoms with van der Waals surface area (Å²) in [5, 5.41) is 3.82. The van der Waals surface area contributed by atoms with Gasteiger partial charge in [-0.1, -0.05) is 0 Å². The van der Waals surface area contributed by atoms with Crippen molar-refractivity contribution in [3.05, 3.63) is 17.0 Å². The van der Waals surface area contributed by atoms with E-state index in [1.165, 1.54) is 0 Å². The van der Waals surface area contributed by atoms with Crippen molar-refractivity contribution >= 4 is 11.9 Å². The van der Waals surface area contributed by atoms with Crippen LogP contribution in [0.2, 0.25) is 0 Å². The topological polar surface area (TPSA) is 96.4 Å². The molecule has 0 radical (unpaired) electrons. The zero-order valence-electron chi connectivity index (χ0n) is 11.8. The summed E-state index contributed by atoms with van der Waals surface area (Å²) in [5.74, 6) is 4.33. The lowest BCUT2D eigenvalue weighted by atomic mass is 10.1. The van der Waals surface area contributed by atoms with E-state index in [9.17, 15) is 9.59 Å². The molecule has 0 saturated heterocycles. The Bertz CT molecular complexity index is 500. The first-order chi connectivity index (χ1) is 8.67. The molecule has 0 aromatic carbocycles. The summed E-state index contributed by atoms with van der Waals surface area (Å²) in [6.07, 6.45) is 0. The van der Waals surface area contributed by atoms with Gasteiger partial charge in [0.2, 0.25) is 0 Å². The maximum absolute atomic E-state index is 11.9. The Balaban J connectivity index is 3.09. The molecule has 1 rings (SSSR count). The molecule has 1 heterocycles. The van der Waals surface area contributed by atoms with Gasteiger partial charge in [-0.15, -0.1) is 5.10 Å². The molecule has 7 heteroatoms. The van der Waals surface area contributed by atoms with Crippen molar-refractivity contribution in [1.29, 1.82) is 0 Å². The predicted molar refractivity (Wildman–Crippen MR) is 68.2 cm³/mol.